The van der Waals surface area contributed by atoms with E-state index in [0.717, 1.165) is 19.3 Å². The van der Waals surface area contributed by atoms with Gasteiger partial charge in [-0.05, 0) is 30.5 Å². The Bertz CT molecular complexity index is 365. The highest BCUT2D eigenvalue weighted by molar-refractivity contribution is 9.08. The molecule has 0 atom stereocenters. The van der Waals surface area contributed by atoms with E-state index in [0.29, 0.717) is 10.9 Å². The second-order valence-corrected chi connectivity index (χ2v) is 5.37. The summed E-state index contributed by atoms with van der Waals surface area (Å²) in [5.74, 6) is -0.946. The van der Waals surface area contributed by atoms with Crippen LogP contribution in [0.25, 0.3) is 0 Å². The lowest BCUT2D eigenvalue weighted by Crippen LogP contribution is -2.30. The molecule has 0 N–H and O–H groups in total. The van der Waals surface area contributed by atoms with Crippen LogP contribution >= 0.6 is 28.6 Å². The number of hydrogen-bond donors (Lipinski definition) is 1. The molecule has 82 valence electrons. The van der Waals surface area contributed by atoms with E-state index in [-0.39, 0.29) is 5.56 Å². The van der Waals surface area contributed by atoms with Crippen molar-refractivity contribution in [1.82, 2.24) is 0 Å². The van der Waals surface area contributed by atoms with Gasteiger partial charge in [0.25, 0.3) is 0 Å². The minimum absolute atomic E-state index is 0.141. The molecule has 1 aliphatic rings. The molecule has 0 bridgehead atoms. The lowest BCUT2D eigenvalue weighted by atomic mass is 9.78. The first kappa shape index (κ1) is 11.4. The van der Waals surface area contributed by atoms with Crippen molar-refractivity contribution in [3.8, 4) is 0 Å². The first-order chi connectivity index (χ1) is 7.07. The van der Waals surface area contributed by atoms with Gasteiger partial charge in [0, 0.05) is 15.6 Å². The molecule has 4 heteroatoms. The highest BCUT2D eigenvalue weighted by Gasteiger charge is 2.39. The fourth-order valence-electron chi connectivity index (χ4n) is 1.91. The molecule has 15 heavy (non-hydrogen) atoms. The van der Waals surface area contributed by atoms with Crippen molar-refractivity contribution in [2.75, 3.05) is 0 Å². The van der Waals surface area contributed by atoms with Gasteiger partial charge in [-0.1, -0.05) is 22.4 Å². The van der Waals surface area contributed by atoms with E-state index in [1.165, 1.54) is 12.1 Å². The summed E-state index contributed by atoms with van der Waals surface area (Å²) < 4.78 is 26.8. The summed E-state index contributed by atoms with van der Waals surface area (Å²) in [6.07, 6.45) is 2.48. The van der Waals surface area contributed by atoms with Crippen molar-refractivity contribution in [3.05, 3.63) is 34.9 Å². The Balaban J connectivity index is 2.47. The average molecular weight is 293 g/mol. The second-order valence-electron chi connectivity index (χ2n) is 3.95. The summed E-state index contributed by atoms with van der Waals surface area (Å²) in [6, 6.07) is 2.76. The van der Waals surface area contributed by atoms with Crippen LogP contribution in [0.4, 0.5) is 8.78 Å². The summed E-state index contributed by atoms with van der Waals surface area (Å²) in [7, 11) is 0. The molecule has 0 unspecified atom stereocenters. The largest absolute Gasteiger partial charge is 0.207 e. The van der Waals surface area contributed by atoms with Crippen LogP contribution in [0.5, 0.6) is 0 Å². The third-order valence-electron chi connectivity index (χ3n) is 2.90. The minimum atomic E-state index is -0.584. The molecule has 0 nitrogen and oxygen atoms in total. The quantitative estimate of drug-likeness (QED) is 0.614. The van der Waals surface area contributed by atoms with Crippen molar-refractivity contribution in [3.63, 3.8) is 0 Å². The van der Waals surface area contributed by atoms with Gasteiger partial charge in [-0.15, -0.1) is 0 Å². The zero-order valence-corrected chi connectivity index (χ0v) is 10.5. The predicted molar refractivity (Wildman–Crippen MR) is 63.5 cm³/mol. The van der Waals surface area contributed by atoms with E-state index in [4.69, 9.17) is 0 Å². The number of benzene rings is 1. The van der Waals surface area contributed by atoms with Crippen LogP contribution in [-0.2, 0) is 10.1 Å². The molecule has 1 aromatic carbocycles. The zero-order valence-electron chi connectivity index (χ0n) is 8.06. The van der Waals surface area contributed by atoms with E-state index < -0.39 is 16.4 Å². The fourth-order valence-corrected chi connectivity index (χ4v) is 2.76. The normalized spacial score (nSPS) is 18.7. The first-order valence-corrected chi connectivity index (χ1v) is 6.40. The smallest absolute Gasteiger partial charge is 0.131 e. The molecule has 0 aromatic heterocycles. The fraction of sp³-hybridized carbons (Fsp3) is 0.455. The van der Waals surface area contributed by atoms with Crippen LogP contribution in [0.15, 0.2) is 12.1 Å². The van der Waals surface area contributed by atoms with E-state index in [1.54, 1.807) is 0 Å². The maximum absolute atomic E-state index is 13.7. The predicted octanol–water partition coefficient (Wildman–Crippen LogP) is 4.17. The van der Waals surface area contributed by atoms with Crippen LogP contribution in [0.1, 0.15) is 30.4 Å². The molecule has 1 saturated carbocycles. The molecule has 1 fully saturated rings. The van der Waals surface area contributed by atoms with Gasteiger partial charge >= 0.3 is 0 Å². The molecule has 0 heterocycles. The number of rotatable bonds is 2. The molecule has 1 aromatic rings. The SMILES string of the molecule is Fc1cc(CBr)cc(F)c1C1(S)CCC1. The Morgan fingerprint density at radius 1 is 1.27 bits per heavy atom. The Labute approximate surface area is 102 Å². The summed E-state index contributed by atoms with van der Waals surface area (Å²) >= 11 is 7.55. The Morgan fingerprint density at radius 3 is 2.13 bits per heavy atom. The number of halogens is 3. The monoisotopic (exact) mass is 292 g/mol. The van der Waals surface area contributed by atoms with E-state index in [1.807, 2.05) is 0 Å². The third kappa shape index (κ3) is 1.94. The van der Waals surface area contributed by atoms with Gasteiger partial charge in [0.15, 0.2) is 0 Å². The van der Waals surface area contributed by atoms with E-state index >= 15 is 0 Å². The van der Waals surface area contributed by atoms with Crippen LogP contribution < -0.4 is 0 Å². The molecule has 0 amide bonds. The average Bonchev–Trinajstić information content (AvgIpc) is 2.13. The van der Waals surface area contributed by atoms with Gasteiger partial charge in [0.1, 0.15) is 11.6 Å². The molecule has 0 spiro atoms. The molecular formula is C11H11BrF2S. The van der Waals surface area contributed by atoms with E-state index in [9.17, 15) is 8.78 Å². The molecule has 1 aliphatic carbocycles. The molecule has 0 radical (unpaired) electrons. The van der Waals surface area contributed by atoms with Crippen LogP contribution in [0.2, 0.25) is 0 Å². The van der Waals surface area contributed by atoms with Crippen LogP contribution in [-0.4, -0.2) is 0 Å². The van der Waals surface area contributed by atoms with Gasteiger partial charge < -0.3 is 0 Å². The minimum Gasteiger partial charge on any atom is -0.207 e. The van der Waals surface area contributed by atoms with Gasteiger partial charge in [-0.3, -0.25) is 0 Å². The van der Waals surface area contributed by atoms with Crippen molar-refractivity contribution in [2.45, 2.75) is 29.3 Å². The Morgan fingerprint density at radius 2 is 1.80 bits per heavy atom. The number of hydrogen-bond acceptors (Lipinski definition) is 1. The molecular weight excluding hydrogens is 282 g/mol. The summed E-state index contributed by atoms with van der Waals surface area (Å²) in [6.45, 7) is 0. The number of alkyl halides is 1. The molecule has 2 rings (SSSR count). The maximum atomic E-state index is 13.7. The second kappa shape index (κ2) is 4.06. The zero-order chi connectivity index (χ0) is 11.1. The first-order valence-electron chi connectivity index (χ1n) is 4.83. The molecule has 0 saturated heterocycles. The summed E-state index contributed by atoms with van der Waals surface area (Å²) in [5.41, 5.74) is 0.756. The highest BCUT2D eigenvalue weighted by Crippen LogP contribution is 2.48. The van der Waals surface area contributed by atoms with Gasteiger partial charge in [-0.25, -0.2) is 8.78 Å². The summed E-state index contributed by atoms with van der Waals surface area (Å²) in [4.78, 5) is 0. The van der Waals surface area contributed by atoms with Gasteiger partial charge in [-0.2, -0.15) is 12.6 Å². The Hall–Kier alpha value is -0.0900. The molecule has 0 aliphatic heterocycles. The number of thiol groups is 1. The van der Waals surface area contributed by atoms with Crippen LogP contribution in [0.3, 0.4) is 0 Å². The van der Waals surface area contributed by atoms with Crippen molar-refractivity contribution >= 4 is 28.6 Å². The maximum Gasteiger partial charge on any atom is 0.131 e. The highest BCUT2D eigenvalue weighted by atomic mass is 79.9. The lowest BCUT2D eigenvalue weighted by Gasteiger charge is -2.38. The lowest BCUT2D eigenvalue weighted by molar-refractivity contribution is 0.348. The van der Waals surface area contributed by atoms with Crippen molar-refractivity contribution in [2.24, 2.45) is 0 Å². The van der Waals surface area contributed by atoms with Crippen molar-refractivity contribution < 1.29 is 8.78 Å². The van der Waals surface area contributed by atoms with Gasteiger partial charge in [0.2, 0.25) is 0 Å². The Kier molecular flexibility index (Phi) is 3.08. The standard InChI is InChI=1S/C11H11BrF2S/c12-6-7-4-8(13)10(9(14)5-7)11(15)2-1-3-11/h4-5,15H,1-3,6H2. The van der Waals surface area contributed by atoms with Crippen molar-refractivity contribution in [1.29, 1.82) is 0 Å². The van der Waals surface area contributed by atoms with Crippen LogP contribution in [0, 0.1) is 11.6 Å². The third-order valence-corrected chi connectivity index (χ3v) is 4.22. The summed E-state index contributed by atoms with van der Waals surface area (Å²) in [5, 5.41) is 0.459. The van der Waals surface area contributed by atoms with E-state index in [2.05, 4.69) is 28.6 Å². The van der Waals surface area contributed by atoms with Gasteiger partial charge in [0.05, 0.1) is 0 Å². The topological polar surface area (TPSA) is 0 Å².